The standard InChI is InChI=1S/C15H21N5/c1-2-20(12-9-7-11(16)8-10-12)15-17-13-5-3-4-6-14(13)18-19-15/h3-6,11-12H,2,7-10,16H2,1H3. The average molecular weight is 271 g/mol. The van der Waals surface area contributed by atoms with Crippen LogP contribution in [0.1, 0.15) is 32.6 Å². The molecule has 1 aromatic heterocycles. The summed E-state index contributed by atoms with van der Waals surface area (Å²) in [6.07, 6.45) is 4.40. The van der Waals surface area contributed by atoms with Crippen molar-refractivity contribution >= 4 is 17.0 Å². The molecule has 2 aromatic rings. The Morgan fingerprint density at radius 2 is 1.80 bits per heavy atom. The highest BCUT2D eigenvalue weighted by atomic mass is 15.3. The fraction of sp³-hybridized carbons (Fsp3) is 0.533. The van der Waals surface area contributed by atoms with Gasteiger partial charge in [0.05, 0.1) is 5.52 Å². The smallest absolute Gasteiger partial charge is 0.246 e. The van der Waals surface area contributed by atoms with Crippen molar-refractivity contribution in [2.75, 3.05) is 11.4 Å². The quantitative estimate of drug-likeness (QED) is 0.926. The molecule has 3 rings (SSSR count). The van der Waals surface area contributed by atoms with Crippen molar-refractivity contribution in [1.29, 1.82) is 0 Å². The summed E-state index contributed by atoms with van der Waals surface area (Å²) in [4.78, 5) is 6.93. The lowest BCUT2D eigenvalue weighted by atomic mass is 9.91. The van der Waals surface area contributed by atoms with E-state index in [1.54, 1.807) is 0 Å². The molecule has 0 saturated heterocycles. The third-order valence-electron chi connectivity index (χ3n) is 4.13. The van der Waals surface area contributed by atoms with Crippen molar-refractivity contribution in [3.05, 3.63) is 24.3 Å². The van der Waals surface area contributed by atoms with E-state index in [1.807, 2.05) is 24.3 Å². The Balaban J connectivity index is 1.87. The monoisotopic (exact) mass is 271 g/mol. The summed E-state index contributed by atoms with van der Waals surface area (Å²) in [5.41, 5.74) is 7.74. The van der Waals surface area contributed by atoms with Crippen LogP contribution < -0.4 is 10.6 Å². The predicted octanol–water partition coefficient (Wildman–Crippen LogP) is 2.12. The minimum absolute atomic E-state index is 0.362. The molecule has 0 aliphatic heterocycles. The Morgan fingerprint density at radius 3 is 2.50 bits per heavy atom. The van der Waals surface area contributed by atoms with Crippen molar-refractivity contribution in [3.63, 3.8) is 0 Å². The van der Waals surface area contributed by atoms with Gasteiger partial charge in [-0.1, -0.05) is 12.1 Å². The molecule has 5 heteroatoms. The van der Waals surface area contributed by atoms with Gasteiger partial charge < -0.3 is 10.6 Å². The first-order valence-corrected chi connectivity index (χ1v) is 7.39. The first-order valence-electron chi connectivity index (χ1n) is 7.39. The number of anilines is 1. The van der Waals surface area contributed by atoms with Gasteiger partial charge in [0.1, 0.15) is 5.52 Å². The van der Waals surface area contributed by atoms with Gasteiger partial charge in [0.2, 0.25) is 5.95 Å². The van der Waals surface area contributed by atoms with E-state index in [9.17, 15) is 0 Å². The number of benzene rings is 1. The highest BCUT2D eigenvalue weighted by Crippen LogP contribution is 2.25. The molecule has 2 N–H and O–H groups in total. The van der Waals surface area contributed by atoms with Crippen molar-refractivity contribution in [2.45, 2.75) is 44.7 Å². The maximum absolute atomic E-state index is 5.99. The van der Waals surface area contributed by atoms with E-state index >= 15 is 0 Å². The number of fused-ring (bicyclic) bond motifs is 1. The van der Waals surface area contributed by atoms with Crippen LogP contribution in [0.5, 0.6) is 0 Å². The fourth-order valence-corrected chi connectivity index (χ4v) is 2.97. The second-order valence-electron chi connectivity index (χ2n) is 5.46. The van der Waals surface area contributed by atoms with Crippen molar-refractivity contribution in [1.82, 2.24) is 15.2 Å². The van der Waals surface area contributed by atoms with Crippen LogP contribution in [0.3, 0.4) is 0 Å². The highest BCUT2D eigenvalue weighted by molar-refractivity contribution is 5.74. The molecule has 0 atom stereocenters. The van der Waals surface area contributed by atoms with Crippen LogP contribution in [-0.4, -0.2) is 33.8 Å². The number of hydrogen-bond acceptors (Lipinski definition) is 5. The van der Waals surface area contributed by atoms with Crippen LogP contribution in [0, 0.1) is 0 Å². The molecule has 106 valence electrons. The zero-order valence-corrected chi connectivity index (χ0v) is 11.9. The summed E-state index contributed by atoms with van der Waals surface area (Å²) in [7, 11) is 0. The second kappa shape index (κ2) is 5.71. The largest absolute Gasteiger partial charge is 0.337 e. The second-order valence-corrected chi connectivity index (χ2v) is 5.46. The van der Waals surface area contributed by atoms with Gasteiger partial charge >= 0.3 is 0 Å². The molecule has 1 heterocycles. The zero-order chi connectivity index (χ0) is 13.9. The van der Waals surface area contributed by atoms with E-state index in [0.29, 0.717) is 12.1 Å². The van der Waals surface area contributed by atoms with Crippen LogP contribution in [0.15, 0.2) is 24.3 Å². The molecule has 1 aromatic carbocycles. The van der Waals surface area contributed by atoms with Crippen LogP contribution in [0.2, 0.25) is 0 Å². The Kier molecular flexibility index (Phi) is 3.78. The van der Waals surface area contributed by atoms with Gasteiger partial charge in [-0.05, 0) is 44.7 Å². The van der Waals surface area contributed by atoms with E-state index in [1.165, 1.54) is 0 Å². The SMILES string of the molecule is CCN(c1nnc2ccccc2n1)C1CCC(N)CC1. The Bertz CT molecular complexity index is 577. The van der Waals surface area contributed by atoms with E-state index in [0.717, 1.165) is 49.2 Å². The molecular weight excluding hydrogens is 250 g/mol. The molecular formula is C15H21N5. The molecule has 1 aliphatic carbocycles. The Morgan fingerprint density at radius 1 is 1.10 bits per heavy atom. The average Bonchev–Trinajstić information content (AvgIpc) is 2.50. The number of aromatic nitrogens is 3. The summed E-state index contributed by atoms with van der Waals surface area (Å²) in [5, 5.41) is 8.59. The molecule has 1 saturated carbocycles. The first kappa shape index (κ1) is 13.2. The van der Waals surface area contributed by atoms with E-state index in [-0.39, 0.29) is 0 Å². The van der Waals surface area contributed by atoms with Gasteiger partial charge in [0.25, 0.3) is 0 Å². The summed E-state index contributed by atoms with van der Waals surface area (Å²) in [6.45, 7) is 3.05. The van der Waals surface area contributed by atoms with Crippen LogP contribution in [0.25, 0.3) is 11.0 Å². The molecule has 5 nitrogen and oxygen atoms in total. The zero-order valence-electron chi connectivity index (χ0n) is 11.9. The highest BCUT2D eigenvalue weighted by Gasteiger charge is 2.25. The number of nitrogens with two attached hydrogens (primary N) is 1. The number of para-hydroxylation sites is 1. The number of rotatable bonds is 3. The fourth-order valence-electron chi connectivity index (χ4n) is 2.97. The molecule has 0 amide bonds. The lowest BCUT2D eigenvalue weighted by molar-refractivity contribution is 0.375. The van der Waals surface area contributed by atoms with Gasteiger partial charge in [0, 0.05) is 18.6 Å². The molecule has 20 heavy (non-hydrogen) atoms. The normalized spacial score (nSPS) is 22.9. The van der Waals surface area contributed by atoms with Gasteiger partial charge in [0.15, 0.2) is 0 Å². The molecule has 0 spiro atoms. The summed E-state index contributed by atoms with van der Waals surface area (Å²) in [5.74, 6) is 0.742. The van der Waals surface area contributed by atoms with Crippen LogP contribution in [0.4, 0.5) is 5.95 Å². The van der Waals surface area contributed by atoms with Crippen molar-refractivity contribution < 1.29 is 0 Å². The third-order valence-corrected chi connectivity index (χ3v) is 4.13. The van der Waals surface area contributed by atoms with Gasteiger partial charge in [-0.3, -0.25) is 0 Å². The molecule has 0 bridgehead atoms. The van der Waals surface area contributed by atoms with Gasteiger partial charge in [-0.25, -0.2) is 4.98 Å². The minimum Gasteiger partial charge on any atom is -0.337 e. The number of nitrogens with zero attached hydrogens (tertiary/aromatic N) is 4. The first-order chi connectivity index (χ1) is 9.78. The lowest BCUT2D eigenvalue weighted by Gasteiger charge is -2.35. The molecule has 0 unspecified atom stereocenters. The molecule has 1 aliphatic rings. The van der Waals surface area contributed by atoms with Crippen LogP contribution >= 0.6 is 0 Å². The maximum atomic E-state index is 5.99. The van der Waals surface area contributed by atoms with Gasteiger partial charge in [-0.15, -0.1) is 10.2 Å². The molecule has 0 radical (unpaired) electrons. The van der Waals surface area contributed by atoms with E-state index in [2.05, 4.69) is 27.0 Å². The van der Waals surface area contributed by atoms with Crippen molar-refractivity contribution in [2.24, 2.45) is 5.73 Å². The van der Waals surface area contributed by atoms with Gasteiger partial charge in [-0.2, -0.15) is 0 Å². The maximum Gasteiger partial charge on any atom is 0.246 e. The summed E-state index contributed by atoms with van der Waals surface area (Å²) in [6, 6.07) is 8.71. The van der Waals surface area contributed by atoms with E-state index in [4.69, 9.17) is 5.73 Å². The lowest BCUT2D eigenvalue weighted by Crippen LogP contribution is -2.41. The summed E-state index contributed by atoms with van der Waals surface area (Å²) < 4.78 is 0. The predicted molar refractivity (Wildman–Crippen MR) is 80.6 cm³/mol. The summed E-state index contributed by atoms with van der Waals surface area (Å²) >= 11 is 0. The molecule has 1 fully saturated rings. The minimum atomic E-state index is 0.362. The van der Waals surface area contributed by atoms with E-state index < -0.39 is 0 Å². The topological polar surface area (TPSA) is 67.9 Å². The van der Waals surface area contributed by atoms with Crippen LogP contribution in [-0.2, 0) is 0 Å². The third kappa shape index (κ3) is 2.58. The Labute approximate surface area is 119 Å². The number of hydrogen-bond donors (Lipinski definition) is 1. The van der Waals surface area contributed by atoms with Crippen molar-refractivity contribution in [3.8, 4) is 0 Å². The Hall–Kier alpha value is -1.75.